The van der Waals surface area contributed by atoms with Crippen molar-refractivity contribution < 1.29 is 24.6 Å². The average molecular weight is 387 g/mol. The maximum atomic E-state index is 12.8. The van der Waals surface area contributed by atoms with Gasteiger partial charge in [-0.15, -0.1) is 0 Å². The van der Waals surface area contributed by atoms with Gasteiger partial charge in [-0.05, 0) is 31.7 Å². The number of benzene rings is 1. The molecule has 1 aromatic rings. The molecule has 8 heteroatoms. The number of carbonyl (C=O) groups is 3. The second kappa shape index (κ2) is 9.22. The van der Waals surface area contributed by atoms with Crippen molar-refractivity contribution >= 4 is 18.1 Å². The number of carbonyl (C=O) groups excluding carboxylic acids is 1. The lowest BCUT2D eigenvalue weighted by molar-refractivity contribution is -0.148. The van der Waals surface area contributed by atoms with Gasteiger partial charge < -0.3 is 15.1 Å². The highest BCUT2D eigenvalue weighted by molar-refractivity contribution is 5.99. The topological polar surface area (TPSA) is 122 Å². The van der Waals surface area contributed by atoms with E-state index in [1.54, 1.807) is 24.3 Å². The van der Waals surface area contributed by atoms with Crippen molar-refractivity contribution in [3.05, 3.63) is 35.9 Å². The van der Waals surface area contributed by atoms with E-state index in [1.807, 2.05) is 6.07 Å². The van der Waals surface area contributed by atoms with Gasteiger partial charge in [-0.1, -0.05) is 43.2 Å². The van der Waals surface area contributed by atoms with Crippen molar-refractivity contribution in [3.63, 3.8) is 0 Å². The van der Waals surface area contributed by atoms with Crippen molar-refractivity contribution in [2.75, 3.05) is 6.54 Å². The molecule has 1 unspecified atom stereocenters. The van der Waals surface area contributed by atoms with Gasteiger partial charge in [-0.25, -0.2) is 19.3 Å². The van der Waals surface area contributed by atoms with E-state index in [9.17, 15) is 24.6 Å². The first-order valence-electron chi connectivity index (χ1n) is 9.32. The van der Waals surface area contributed by atoms with Crippen molar-refractivity contribution in [3.8, 4) is 6.07 Å². The molecule has 0 saturated carbocycles. The SMILES string of the molecule is C[C@]1(C(=O)O)C(Cc2ccccc2)N(C(=O)O)C(=O)N1CCCCCCC#N. The monoisotopic (exact) mass is 387 g/mol. The number of rotatable bonds is 9. The molecule has 1 aromatic carbocycles. The number of nitriles is 1. The summed E-state index contributed by atoms with van der Waals surface area (Å²) >= 11 is 0. The number of hydrogen-bond donors (Lipinski definition) is 2. The summed E-state index contributed by atoms with van der Waals surface area (Å²) in [5, 5.41) is 28.1. The normalized spacial score (nSPS) is 21.6. The van der Waals surface area contributed by atoms with Crippen LogP contribution in [-0.2, 0) is 11.2 Å². The molecule has 1 heterocycles. The van der Waals surface area contributed by atoms with Gasteiger partial charge in [-0.2, -0.15) is 5.26 Å². The highest BCUT2D eigenvalue weighted by Gasteiger charge is 2.60. The van der Waals surface area contributed by atoms with Crippen LogP contribution in [0.4, 0.5) is 9.59 Å². The highest BCUT2D eigenvalue weighted by Crippen LogP contribution is 2.36. The van der Waals surface area contributed by atoms with Crippen molar-refractivity contribution in [2.45, 2.75) is 57.0 Å². The van der Waals surface area contributed by atoms with Gasteiger partial charge in [0, 0.05) is 13.0 Å². The standard InChI is InChI=1S/C20H25N3O5/c1-20(17(24)25)16(14-15-10-6-5-7-11-15)23(19(27)28)18(26)22(20)13-9-4-2-3-8-12-21/h5-7,10-11,16H,2-4,8-9,13-14H2,1H3,(H,24,25)(H,27,28)/t16?,20-/m1/s1. The summed E-state index contributed by atoms with van der Waals surface area (Å²) in [4.78, 5) is 38.6. The van der Waals surface area contributed by atoms with Crippen LogP contribution in [0.2, 0.25) is 0 Å². The second-order valence-electron chi connectivity index (χ2n) is 7.07. The van der Waals surface area contributed by atoms with Gasteiger partial charge in [0.05, 0.1) is 12.1 Å². The van der Waals surface area contributed by atoms with Crippen LogP contribution in [0.5, 0.6) is 0 Å². The molecule has 1 saturated heterocycles. The Kier molecular flexibility index (Phi) is 6.99. The summed E-state index contributed by atoms with van der Waals surface area (Å²) < 4.78 is 0. The second-order valence-corrected chi connectivity index (χ2v) is 7.07. The zero-order valence-electron chi connectivity index (χ0n) is 15.9. The Bertz CT molecular complexity index is 761. The van der Waals surface area contributed by atoms with Crippen molar-refractivity contribution in [2.24, 2.45) is 0 Å². The summed E-state index contributed by atoms with van der Waals surface area (Å²) in [6.45, 7) is 1.57. The zero-order valence-corrected chi connectivity index (χ0v) is 15.9. The third kappa shape index (κ3) is 4.25. The molecule has 0 bridgehead atoms. The Labute approximate surface area is 164 Å². The number of carboxylic acids is 1. The lowest BCUT2D eigenvalue weighted by Crippen LogP contribution is -2.56. The van der Waals surface area contributed by atoms with E-state index >= 15 is 0 Å². The first-order valence-corrected chi connectivity index (χ1v) is 9.32. The third-order valence-corrected chi connectivity index (χ3v) is 5.29. The van der Waals surface area contributed by atoms with Crippen LogP contribution in [0.25, 0.3) is 0 Å². The fourth-order valence-electron chi connectivity index (χ4n) is 3.65. The van der Waals surface area contributed by atoms with Crippen LogP contribution in [-0.4, -0.2) is 56.2 Å². The van der Waals surface area contributed by atoms with Crippen LogP contribution >= 0.6 is 0 Å². The summed E-state index contributed by atoms with van der Waals surface area (Å²) in [5.41, 5.74) is -0.893. The number of hydrogen-bond acceptors (Lipinski definition) is 4. The molecule has 3 amide bonds. The minimum absolute atomic E-state index is 0.125. The molecule has 8 nitrogen and oxygen atoms in total. The van der Waals surface area contributed by atoms with Gasteiger partial charge in [-0.3, -0.25) is 0 Å². The fraction of sp³-hybridized carbons (Fsp3) is 0.500. The maximum absolute atomic E-state index is 12.8. The van der Waals surface area contributed by atoms with Gasteiger partial charge in [0.15, 0.2) is 5.54 Å². The quantitative estimate of drug-likeness (QED) is 0.627. The molecule has 0 aliphatic carbocycles. The van der Waals surface area contributed by atoms with E-state index in [1.165, 1.54) is 11.8 Å². The van der Waals surface area contributed by atoms with Gasteiger partial charge in [0.1, 0.15) is 0 Å². The molecule has 28 heavy (non-hydrogen) atoms. The van der Waals surface area contributed by atoms with Gasteiger partial charge >= 0.3 is 18.1 Å². The molecule has 2 N–H and O–H groups in total. The minimum atomic E-state index is -1.65. The fourth-order valence-corrected chi connectivity index (χ4v) is 3.65. The number of carboxylic acid groups (broad SMARTS) is 2. The van der Waals surface area contributed by atoms with Crippen LogP contribution < -0.4 is 0 Å². The van der Waals surface area contributed by atoms with E-state index in [0.29, 0.717) is 17.7 Å². The van der Waals surface area contributed by atoms with Crippen LogP contribution in [0.3, 0.4) is 0 Å². The molecular formula is C20H25N3O5. The van der Waals surface area contributed by atoms with Crippen LogP contribution in [0.1, 0.15) is 44.6 Å². The minimum Gasteiger partial charge on any atom is -0.479 e. The van der Waals surface area contributed by atoms with Crippen LogP contribution in [0, 0.1) is 11.3 Å². The van der Waals surface area contributed by atoms with Gasteiger partial charge in [0.2, 0.25) is 0 Å². The Morgan fingerprint density at radius 1 is 1.14 bits per heavy atom. The third-order valence-electron chi connectivity index (χ3n) is 5.29. The van der Waals surface area contributed by atoms with E-state index in [-0.39, 0.29) is 13.0 Å². The molecule has 2 atom stereocenters. The highest BCUT2D eigenvalue weighted by atomic mass is 16.4. The number of unbranched alkanes of at least 4 members (excludes halogenated alkanes) is 4. The van der Waals surface area contributed by atoms with E-state index in [2.05, 4.69) is 6.07 Å². The summed E-state index contributed by atoms with van der Waals surface area (Å²) in [6.07, 6.45) is 1.97. The Morgan fingerprint density at radius 3 is 2.36 bits per heavy atom. The predicted octanol–water partition coefficient (Wildman–Crippen LogP) is 3.33. The molecule has 1 aliphatic heterocycles. The molecule has 2 rings (SSSR count). The smallest absolute Gasteiger partial charge is 0.415 e. The molecule has 1 aliphatic rings. The first-order chi connectivity index (χ1) is 13.3. The summed E-state index contributed by atoms with van der Waals surface area (Å²) in [7, 11) is 0. The number of aliphatic carboxylic acids is 1. The van der Waals surface area contributed by atoms with E-state index in [0.717, 1.165) is 24.8 Å². The Hall–Kier alpha value is -3.08. The number of amides is 3. The average Bonchev–Trinajstić information content (AvgIpc) is 2.87. The van der Waals surface area contributed by atoms with Crippen molar-refractivity contribution in [1.29, 1.82) is 5.26 Å². The Morgan fingerprint density at radius 2 is 1.79 bits per heavy atom. The molecule has 150 valence electrons. The lowest BCUT2D eigenvalue weighted by atomic mass is 9.87. The molecule has 0 radical (unpaired) electrons. The largest absolute Gasteiger partial charge is 0.479 e. The molecular weight excluding hydrogens is 362 g/mol. The zero-order chi connectivity index (χ0) is 20.7. The summed E-state index contributed by atoms with van der Waals surface area (Å²) in [5.74, 6) is -1.23. The Balaban J connectivity index is 2.24. The van der Waals surface area contributed by atoms with Crippen molar-refractivity contribution in [1.82, 2.24) is 9.80 Å². The molecule has 0 aromatic heterocycles. The number of imide groups is 1. The first kappa shape index (κ1) is 21.2. The number of urea groups is 1. The lowest BCUT2D eigenvalue weighted by Gasteiger charge is -2.34. The predicted molar refractivity (Wildman–Crippen MR) is 101 cm³/mol. The molecule has 0 spiro atoms. The summed E-state index contributed by atoms with van der Waals surface area (Å²) in [6, 6.07) is 9.19. The maximum Gasteiger partial charge on any atom is 0.415 e. The van der Waals surface area contributed by atoms with Crippen LogP contribution in [0.15, 0.2) is 30.3 Å². The number of nitrogens with zero attached hydrogens (tertiary/aromatic N) is 3. The van der Waals surface area contributed by atoms with E-state index < -0.39 is 29.7 Å². The van der Waals surface area contributed by atoms with Gasteiger partial charge in [0.25, 0.3) is 0 Å². The molecule has 1 fully saturated rings. The van der Waals surface area contributed by atoms with E-state index in [4.69, 9.17) is 5.26 Å².